The van der Waals surface area contributed by atoms with Crippen LogP contribution in [0.4, 0.5) is 10.5 Å². The highest BCUT2D eigenvalue weighted by atomic mass is 32.2. The second kappa shape index (κ2) is 11.5. The minimum atomic E-state index is -0.304. The molecule has 0 N–H and O–H groups in total. The van der Waals surface area contributed by atoms with Crippen LogP contribution < -0.4 is 9.64 Å². The molecule has 0 spiro atoms. The molecule has 1 saturated heterocycles. The first-order chi connectivity index (χ1) is 18.0. The Kier molecular flexibility index (Phi) is 7.96. The molecule has 1 aromatic heterocycles. The molecule has 1 aliphatic heterocycles. The number of imide groups is 1. The lowest BCUT2D eigenvalue weighted by atomic mass is 9.84. The Morgan fingerprint density at radius 3 is 2.73 bits per heavy atom. The van der Waals surface area contributed by atoms with E-state index in [2.05, 4.69) is 4.98 Å². The van der Waals surface area contributed by atoms with E-state index in [0.717, 1.165) is 66.6 Å². The highest BCUT2D eigenvalue weighted by molar-refractivity contribution is 8.15. The van der Waals surface area contributed by atoms with Crippen molar-refractivity contribution in [2.75, 3.05) is 12.0 Å². The van der Waals surface area contributed by atoms with Gasteiger partial charge in [0.1, 0.15) is 17.2 Å². The molecule has 3 unspecified atom stereocenters. The van der Waals surface area contributed by atoms with Crippen LogP contribution >= 0.6 is 11.8 Å². The number of carbonyl (C=O) groups is 2. The number of aromatic nitrogens is 1. The van der Waals surface area contributed by atoms with Gasteiger partial charge in [-0.05, 0) is 68.9 Å². The van der Waals surface area contributed by atoms with Crippen molar-refractivity contribution in [3.05, 3.63) is 66.1 Å². The Labute approximate surface area is 221 Å². The zero-order valence-corrected chi connectivity index (χ0v) is 22.0. The van der Waals surface area contributed by atoms with E-state index in [-0.39, 0.29) is 22.5 Å². The Hall–Kier alpha value is -3.10. The maximum Gasteiger partial charge on any atom is 0.293 e. The van der Waals surface area contributed by atoms with Gasteiger partial charge in [-0.15, -0.1) is 0 Å². The summed E-state index contributed by atoms with van der Waals surface area (Å²) in [5.74, 6) is 2.47. The standard InChI is InChI=1S/C29H32N2O5S/c1-19-25(30-27(36-19)21-9-7-12-23(17-21)34-2)18-35-24-13-6-8-20(16-24)14-15-26-28(32)31(29(33)37-26)22-10-4-3-5-11-22/h3-5,7,9-12,17,20,24,26H,6,8,13-16,18H2,1-2H3. The second-order valence-electron chi connectivity index (χ2n) is 9.68. The van der Waals surface area contributed by atoms with Gasteiger partial charge < -0.3 is 13.9 Å². The third-order valence-corrected chi connectivity index (χ3v) is 8.28. The third-order valence-electron chi connectivity index (χ3n) is 7.17. The van der Waals surface area contributed by atoms with Gasteiger partial charge in [-0.2, -0.15) is 0 Å². The van der Waals surface area contributed by atoms with Crippen molar-refractivity contribution in [2.24, 2.45) is 5.92 Å². The number of aryl methyl sites for hydroxylation is 1. The molecule has 2 fully saturated rings. The summed E-state index contributed by atoms with van der Waals surface area (Å²) >= 11 is 1.16. The Bertz CT molecular complexity index is 1240. The average Bonchev–Trinajstić information content (AvgIpc) is 3.44. The molecule has 37 heavy (non-hydrogen) atoms. The number of hydrogen-bond donors (Lipinski definition) is 0. The van der Waals surface area contributed by atoms with Crippen LogP contribution in [0.5, 0.6) is 5.75 Å². The first kappa shape index (κ1) is 25.5. The summed E-state index contributed by atoms with van der Waals surface area (Å²) in [5, 5.41) is -0.482. The van der Waals surface area contributed by atoms with E-state index in [4.69, 9.17) is 13.9 Å². The van der Waals surface area contributed by atoms with E-state index in [1.54, 1.807) is 19.2 Å². The van der Waals surface area contributed by atoms with Crippen molar-refractivity contribution >= 4 is 28.6 Å². The summed E-state index contributed by atoms with van der Waals surface area (Å²) in [5.41, 5.74) is 2.33. The van der Waals surface area contributed by atoms with E-state index in [0.29, 0.717) is 30.5 Å². The molecule has 2 amide bonds. The van der Waals surface area contributed by atoms with E-state index in [1.807, 2.05) is 49.4 Å². The van der Waals surface area contributed by atoms with Gasteiger partial charge in [0.05, 0.1) is 30.8 Å². The number of thioether (sulfide) groups is 1. The number of para-hydroxylation sites is 1. The van der Waals surface area contributed by atoms with Gasteiger partial charge in [0, 0.05) is 5.56 Å². The Morgan fingerprint density at radius 2 is 1.92 bits per heavy atom. The summed E-state index contributed by atoms with van der Waals surface area (Å²) in [6.45, 7) is 2.32. The molecule has 0 bridgehead atoms. The van der Waals surface area contributed by atoms with Crippen LogP contribution in [0.15, 0.2) is 59.0 Å². The largest absolute Gasteiger partial charge is 0.497 e. The lowest BCUT2D eigenvalue weighted by molar-refractivity contribution is -0.117. The van der Waals surface area contributed by atoms with Crippen LogP contribution in [0.25, 0.3) is 11.5 Å². The monoisotopic (exact) mass is 520 g/mol. The van der Waals surface area contributed by atoms with E-state index >= 15 is 0 Å². The number of benzene rings is 2. The smallest absolute Gasteiger partial charge is 0.293 e. The van der Waals surface area contributed by atoms with Crippen LogP contribution in [-0.2, 0) is 16.1 Å². The first-order valence-corrected chi connectivity index (χ1v) is 13.7. The number of nitrogens with zero attached hydrogens (tertiary/aromatic N) is 2. The molecular weight excluding hydrogens is 488 g/mol. The maximum absolute atomic E-state index is 12.9. The lowest BCUT2D eigenvalue weighted by Crippen LogP contribution is -2.31. The zero-order chi connectivity index (χ0) is 25.8. The van der Waals surface area contributed by atoms with Gasteiger partial charge in [-0.3, -0.25) is 9.59 Å². The number of oxazole rings is 1. The number of hydrogen-bond acceptors (Lipinski definition) is 7. The summed E-state index contributed by atoms with van der Waals surface area (Å²) < 4.78 is 17.5. The number of carbonyl (C=O) groups excluding carboxylic acids is 2. The molecule has 1 saturated carbocycles. The lowest BCUT2D eigenvalue weighted by Gasteiger charge is -2.29. The fourth-order valence-electron chi connectivity index (χ4n) is 5.13. The summed E-state index contributed by atoms with van der Waals surface area (Å²) in [7, 11) is 1.64. The van der Waals surface area contributed by atoms with Gasteiger partial charge in [0.25, 0.3) is 5.24 Å². The van der Waals surface area contributed by atoms with Gasteiger partial charge in [0.15, 0.2) is 0 Å². The topological polar surface area (TPSA) is 81.9 Å². The van der Waals surface area contributed by atoms with Crippen LogP contribution in [0, 0.1) is 12.8 Å². The van der Waals surface area contributed by atoms with Crippen LogP contribution in [0.3, 0.4) is 0 Å². The molecule has 194 valence electrons. The van der Waals surface area contributed by atoms with Crippen LogP contribution in [-0.4, -0.2) is 34.6 Å². The van der Waals surface area contributed by atoms with Crippen LogP contribution in [0.1, 0.15) is 50.0 Å². The molecule has 2 aliphatic rings. The summed E-state index contributed by atoms with van der Waals surface area (Å²) in [6, 6.07) is 16.8. The quantitative estimate of drug-likeness (QED) is 0.307. The second-order valence-corrected chi connectivity index (χ2v) is 10.8. The van der Waals surface area contributed by atoms with Gasteiger partial charge in [-0.25, -0.2) is 9.88 Å². The predicted octanol–water partition coefficient (Wildman–Crippen LogP) is 6.78. The number of methoxy groups -OCH3 is 1. The normalized spacial score (nSPS) is 22.0. The van der Waals surface area contributed by atoms with Crippen molar-refractivity contribution in [1.82, 2.24) is 4.98 Å². The van der Waals surface area contributed by atoms with Crippen molar-refractivity contribution in [3.63, 3.8) is 0 Å². The van der Waals surface area contributed by atoms with E-state index in [9.17, 15) is 9.59 Å². The number of amides is 2. The van der Waals surface area contributed by atoms with E-state index < -0.39 is 0 Å². The highest BCUT2D eigenvalue weighted by Crippen LogP contribution is 2.37. The summed E-state index contributed by atoms with van der Waals surface area (Å²) in [4.78, 5) is 31.4. The van der Waals surface area contributed by atoms with Crippen LogP contribution in [0.2, 0.25) is 0 Å². The van der Waals surface area contributed by atoms with Crippen molar-refractivity contribution in [2.45, 2.75) is 63.4 Å². The maximum atomic E-state index is 12.9. The molecule has 0 radical (unpaired) electrons. The molecule has 3 atom stereocenters. The average molecular weight is 521 g/mol. The molecule has 2 heterocycles. The molecule has 8 heteroatoms. The molecule has 3 aromatic rings. The SMILES string of the molecule is COc1cccc(-c2nc(COC3CCCC(CCC4SC(=O)N(c5ccccc5)C4=O)C3)c(C)o2)c1. The fraction of sp³-hybridized carbons (Fsp3) is 0.414. The van der Waals surface area contributed by atoms with Gasteiger partial charge in [0.2, 0.25) is 11.8 Å². The van der Waals surface area contributed by atoms with Gasteiger partial charge >= 0.3 is 0 Å². The molecule has 2 aromatic carbocycles. The number of ether oxygens (including phenoxy) is 2. The molecule has 1 aliphatic carbocycles. The van der Waals surface area contributed by atoms with Crippen molar-refractivity contribution in [1.29, 1.82) is 0 Å². The first-order valence-electron chi connectivity index (χ1n) is 12.8. The molecule has 5 rings (SSSR count). The summed E-state index contributed by atoms with van der Waals surface area (Å²) in [6.07, 6.45) is 6.00. The van der Waals surface area contributed by atoms with Crippen molar-refractivity contribution in [3.8, 4) is 17.2 Å². The minimum absolute atomic E-state index is 0.0989. The minimum Gasteiger partial charge on any atom is -0.497 e. The Morgan fingerprint density at radius 1 is 1.08 bits per heavy atom. The number of anilines is 1. The fourth-order valence-corrected chi connectivity index (χ4v) is 6.14. The van der Waals surface area contributed by atoms with Crippen molar-refractivity contribution < 1.29 is 23.5 Å². The van der Waals surface area contributed by atoms with Gasteiger partial charge in [-0.1, -0.05) is 48.9 Å². The molecule has 7 nitrogen and oxygen atoms in total. The third kappa shape index (κ3) is 5.91. The number of rotatable bonds is 9. The highest BCUT2D eigenvalue weighted by Gasteiger charge is 2.40. The van der Waals surface area contributed by atoms with E-state index in [1.165, 1.54) is 4.90 Å². The zero-order valence-electron chi connectivity index (χ0n) is 21.2. The predicted molar refractivity (Wildman–Crippen MR) is 144 cm³/mol. The molecular formula is C29H32N2O5S. The Balaban J connectivity index is 1.12.